The highest BCUT2D eigenvalue weighted by Gasteiger charge is 2.40. The molecule has 1 fully saturated rings. The van der Waals surface area contributed by atoms with Crippen LogP contribution in [0.4, 0.5) is 5.69 Å². The average molecular weight is 384 g/mol. The highest BCUT2D eigenvalue weighted by Crippen LogP contribution is 2.37. The maximum absolute atomic E-state index is 12.8. The topological polar surface area (TPSA) is 107 Å². The Morgan fingerprint density at radius 3 is 2.57 bits per heavy atom. The molecule has 0 amide bonds. The number of nitro benzene ring substituents is 1. The molecule has 130 valence electrons. The summed E-state index contributed by atoms with van der Waals surface area (Å²) in [5.74, 6) is 0. The molecule has 1 aliphatic heterocycles. The Morgan fingerprint density at radius 1 is 1.48 bits per heavy atom. The molecule has 0 aliphatic carbocycles. The second-order valence-electron chi connectivity index (χ2n) is 5.96. The van der Waals surface area contributed by atoms with E-state index in [0.717, 1.165) is 0 Å². The lowest BCUT2D eigenvalue weighted by molar-refractivity contribution is -0.385. The van der Waals surface area contributed by atoms with Crippen LogP contribution in [0.3, 0.4) is 0 Å². The van der Waals surface area contributed by atoms with Gasteiger partial charge in [-0.1, -0.05) is 18.5 Å². The third-order valence-corrected chi connectivity index (χ3v) is 6.37. The third kappa shape index (κ3) is 3.77. The number of hydrogen-bond donors (Lipinski definition) is 1. The summed E-state index contributed by atoms with van der Waals surface area (Å²) in [4.78, 5) is 10.1. The molecule has 10 heteroatoms. The number of sulfonamides is 1. The maximum Gasteiger partial charge on any atom is 0.289 e. The van der Waals surface area contributed by atoms with Crippen molar-refractivity contribution < 1.29 is 13.3 Å². The summed E-state index contributed by atoms with van der Waals surface area (Å²) in [6.45, 7) is 4.50. The molecule has 0 bridgehead atoms. The van der Waals surface area contributed by atoms with Gasteiger partial charge in [0.1, 0.15) is 9.92 Å². The van der Waals surface area contributed by atoms with Gasteiger partial charge in [-0.15, -0.1) is 12.4 Å². The molecule has 1 saturated heterocycles. The van der Waals surface area contributed by atoms with E-state index in [0.29, 0.717) is 25.1 Å². The minimum absolute atomic E-state index is 0. The zero-order valence-corrected chi connectivity index (χ0v) is 15.2. The first-order valence-electron chi connectivity index (χ1n) is 6.75. The molecule has 2 rings (SSSR count). The number of halogens is 2. The normalized spacial score (nSPS) is 21.9. The molecular weight excluding hydrogens is 365 g/mol. The zero-order valence-electron chi connectivity index (χ0n) is 12.8. The standard InChI is InChI=1S/C13H18ClN3O4S.ClH/c1-9-5-10(17(18)19)12(14)11(6-9)22(20,21)16-4-3-13(2,7-15)8-16;/h5-6H,3-4,7-8,15H2,1-2H3;1H. The Kier molecular flexibility index (Phi) is 6.04. The number of hydrogen-bond acceptors (Lipinski definition) is 5. The summed E-state index contributed by atoms with van der Waals surface area (Å²) in [5, 5.41) is 10.7. The van der Waals surface area contributed by atoms with E-state index in [4.69, 9.17) is 17.3 Å². The van der Waals surface area contributed by atoms with Gasteiger partial charge in [-0.3, -0.25) is 10.1 Å². The predicted molar refractivity (Wildman–Crippen MR) is 90.6 cm³/mol. The highest BCUT2D eigenvalue weighted by atomic mass is 35.5. The van der Waals surface area contributed by atoms with E-state index in [1.807, 2.05) is 6.92 Å². The van der Waals surface area contributed by atoms with Crippen molar-refractivity contribution in [2.45, 2.75) is 25.2 Å². The zero-order chi connectivity index (χ0) is 16.7. The van der Waals surface area contributed by atoms with Crippen molar-refractivity contribution in [3.05, 3.63) is 32.8 Å². The van der Waals surface area contributed by atoms with Crippen LogP contribution in [0, 0.1) is 22.5 Å². The van der Waals surface area contributed by atoms with Gasteiger partial charge in [0.2, 0.25) is 10.0 Å². The first kappa shape index (κ1) is 20.1. The molecule has 1 atom stereocenters. The minimum Gasteiger partial charge on any atom is -0.330 e. The Labute approximate surface area is 146 Å². The summed E-state index contributed by atoms with van der Waals surface area (Å²) >= 11 is 5.97. The van der Waals surface area contributed by atoms with Gasteiger partial charge >= 0.3 is 0 Å². The van der Waals surface area contributed by atoms with Crippen molar-refractivity contribution in [2.24, 2.45) is 11.1 Å². The molecule has 1 aromatic carbocycles. The number of benzene rings is 1. The fraction of sp³-hybridized carbons (Fsp3) is 0.538. The van der Waals surface area contributed by atoms with Crippen molar-refractivity contribution in [2.75, 3.05) is 19.6 Å². The van der Waals surface area contributed by atoms with E-state index < -0.39 is 20.6 Å². The highest BCUT2D eigenvalue weighted by molar-refractivity contribution is 7.89. The summed E-state index contributed by atoms with van der Waals surface area (Å²) < 4.78 is 26.8. The Balaban J connectivity index is 0.00000264. The molecule has 0 radical (unpaired) electrons. The van der Waals surface area contributed by atoms with Crippen LogP contribution in [0.2, 0.25) is 5.02 Å². The van der Waals surface area contributed by atoms with Gasteiger partial charge in [0.05, 0.1) is 4.92 Å². The van der Waals surface area contributed by atoms with E-state index in [9.17, 15) is 18.5 Å². The summed E-state index contributed by atoms with van der Waals surface area (Å²) in [7, 11) is -3.89. The van der Waals surface area contributed by atoms with Gasteiger partial charge in [-0.2, -0.15) is 4.31 Å². The minimum atomic E-state index is -3.89. The van der Waals surface area contributed by atoms with E-state index in [2.05, 4.69) is 0 Å². The molecule has 1 aliphatic rings. The van der Waals surface area contributed by atoms with E-state index in [-0.39, 0.29) is 34.3 Å². The van der Waals surface area contributed by atoms with E-state index in [1.165, 1.54) is 16.4 Å². The molecule has 23 heavy (non-hydrogen) atoms. The van der Waals surface area contributed by atoms with Crippen molar-refractivity contribution in [1.82, 2.24) is 4.31 Å². The maximum atomic E-state index is 12.8. The third-order valence-electron chi connectivity index (χ3n) is 3.99. The molecule has 1 unspecified atom stereocenters. The summed E-state index contributed by atoms with van der Waals surface area (Å²) in [6.07, 6.45) is 0.647. The lowest BCUT2D eigenvalue weighted by atomic mass is 9.90. The number of aryl methyl sites for hydroxylation is 1. The van der Waals surface area contributed by atoms with Crippen LogP contribution in [0.1, 0.15) is 18.9 Å². The van der Waals surface area contributed by atoms with E-state index >= 15 is 0 Å². The van der Waals surface area contributed by atoms with Gasteiger partial charge < -0.3 is 5.73 Å². The van der Waals surface area contributed by atoms with Gasteiger partial charge in [0, 0.05) is 19.2 Å². The first-order valence-corrected chi connectivity index (χ1v) is 8.57. The molecular formula is C13H19Cl2N3O4S. The van der Waals surface area contributed by atoms with Crippen molar-refractivity contribution in [3.8, 4) is 0 Å². The van der Waals surface area contributed by atoms with Gasteiger partial charge in [-0.05, 0) is 36.9 Å². The summed E-state index contributed by atoms with van der Waals surface area (Å²) in [5.41, 5.74) is 5.48. The predicted octanol–water partition coefficient (Wildman–Crippen LogP) is 2.34. The van der Waals surface area contributed by atoms with Gasteiger partial charge in [-0.25, -0.2) is 8.42 Å². The number of nitro groups is 1. The lowest BCUT2D eigenvalue weighted by Crippen LogP contribution is -2.34. The van der Waals surface area contributed by atoms with Gasteiger partial charge in [0.25, 0.3) is 5.69 Å². The molecule has 0 saturated carbocycles. The van der Waals surface area contributed by atoms with Crippen molar-refractivity contribution in [3.63, 3.8) is 0 Å². The Hall–Kier alpha value is -0.930. The largest absolute Gasteiger partial charge is 0.330 e. The van der Waals surface area contributed by atoms with E-state index in [1.54, 1.807) is 6.92 Å². The molecule has 0 spiro atoms. The van der Waals surface area contributed by atoms with Crippen molar-refractivity contribution >= 4 is 39.7 Å². The quantitative estimate of drug-likeness (QED) is 0.633. The van der Waals surface area contributed by atoms with Crippen LogP contribution < -0.4 is 5.73 Å². The second kappa shape index (κ2) is 6.90. The summed E-state index contributed by atoms with van der Waals surface area (Å²) in [6, 6.07) is 2.62. The fourth-order valence-electron chi connectivity index (χ4n) is 2.53. The number of rotatable bonds is 4. The number of nitrogens with two attached hydrogens (primary N) is 1. The van der Waals surface area contributed by atoms with Crippen LogP contribution in [0.15, 0.2) is 17.0 Å². The molecule has 2 N–H and O–H groups in total. The van der Waals surface area contributed by atoms with Gasteiger partial charge in [0.15, 0.2) is 0 Å². The smallest absolute Gasteiger partial charge is 0.289 e. The fourth-order valence-corrected chi connectivity index (χ4v) is 4.75. The molecule has 1 heterocycles. The molecule has 0 aromatic heterocycles. The number of nitrogens with zero attached hydrogens (tertiary/aromatic N) is 2. The van der Waals surface area contributed by atoms with Crippen LogP contribution in [0.25, 0.3) is 0 Å². The first-order chi connectivity index (χ1) is 10.1. The SMILES string of the molecule is Cc1cc([N+](=O)[O-])c(Cl)c(S(=O)(=O)N2CCC(C)(CN)C2)c1.Cl. The van der Waals surface area contributed by atoms with Crippen LogP contribution in [-0.4, -0.2) is 37.3 Å². The average Bonchev–Trinajstić information content (AvgIpc) is 2.84. The van der Waals surface area contributed by atoms with Crippen molar-refractivity contribution in [1.29, 1.82) is 0 Å². The monoisotopic (exact) mass is 383 g/mol. The molecule has 1 aromatic rings. The molecule has 7 nitrogen and oxygen atoms in total. The Bertz CT molecular complexity index is 726. The lowest BCUT2D eigenvalue weighted by Gasteiger charge is -2.22. The van der Waals surface area contributed by atoms with Crippen LogP contribution in [0.5, 0.6) is 0 Å². The van der Waals surface area contributed by atoms with Crippen LogP contribution >= 0.6 is 24.0 Å². The second-order valence-corrected chi connectivity index (χ2v) is 8.24. The van der Waals surface area contributed by atoms with Crippen LogP contribution in [-0.2, 0) is 10.0 Å². The Morgan fingerprint density at radius 2 is 2.09 bits per heavy atom.